The van der Waals surface area contributed by atoms with E-state index in [9.17, 15) is 4.79 Å². The molecular weight excluding hydrogens is 346 g/mol. The Hall–Kier alpha value is -2.86. The molecule has 1 aromatic heterocycles. The minimum Gasteiger partial charge on any atom is -0.497 e. The van der Waals surface area contributed by atoms with E-state index >= 15 is 0 Å². The van der Waals surface area contributed by atoms with Gasteiger partial charge in [-0.2, -0.15) is 0 Å². The van der Waals surface area contributed by atoms with E-state index in [0.717, 1.165) is 33.4 Å². The highest BCUT2D eigenvalue weighted by atomic mass is 32.1. The molecular formula is C20H21N3O2S. The van der Waals surface area contributed by atoms with Gasteiger partial charge >= 0.3 is 0 Å². The van der Waals surface area contributed by atoms with Crippen molar-refractivity contribution in [2.24, 2.45) is 0 Å². The van der Waals surface area contributed by atoms with Gasteiger partial charge in [-0.15, -0.1) is 11.3 Å². The van der Waals surface area contributed by atoms with Crippen molar-refractivity contribution < 1.29 is 9.53 Å². The van der Waals surface area contributed by atoms with Crippen LogP contribution in [0.25, 0.3) is 11.3 Å². The third kappa shape index (κ3) is 4.40. The molecule has 3 rings (SSSR count). The summed E-state index contributed by atoms with van der Waals surface area (Å²) in [5.41, 5.74) is 3.66. The summed E-state index contributed by atoms with van der Waals surface area (Å²) < 4.78 is 5.11. The summed E-state index contributed by atoms with van der Waals surface area (Å²) in [6.45, 7) is 3.82. The van der Waals surface area contributed by atoms with Crippen LogP contribution in [0.1, 0.15) is 11.9 Å². The lowest BCUT2D eigenvalue weighted by atomic mass is 10.1. The number of carbonyl (C=O) groups excluding carboxylic acids is 1. The molecule has 0 fully saturated rings. The Bertz CT molecular complexity index is 873. The Balaban J connectivity index is 1.59. The molecule has 0 unspecified atom stereocenters. The molecule has 2 aromatic carbocycles. The number of ether oxygens (including phenoxy) is 1. The fourth-order valence-corrected chi connectivity index (χ4v) is 3.10. The summed E-state index contributed by atoms with van der Waals surface area (Å²) in [5.74, 6) is 0.652. The van der Waals surface area contributed by atoms with Crippen molar-refractivity contribution in [2.75, 3.05) is 17.7 Å². The molecule has 1 heterocycles. The van der Waals surface area contributed by atoms with Crippen LogP contribution in [0.3, 0.4) is 0 Å². The Morgan fingerprint density at radius 3 is 2.31 bits per heavy atom. The number of methoxy groups -OCH3 is 1. The van der Waals surface area contributed by atoms with E-state index < -0.39 is 0 Å². The van der Waals surface area contributed by atoms with Crippen LogP contribution in [-0.2, 0) is 4.79 Å². The fourth-order valence-electron chi connectivity index (χ4n) is 2.47. The van der Waals surface area contributed by atoms with Gasteiger partial charge in [-0.05, 0) is 50.2 Å². The molecule has 3 aromatic rings. The van der Waals surface area contributed by atoms with E-state index in [1.807, 2.05) is 67.8 Å². The van der Waals surface area contributed by atoms with Crippen molar-refractivity contribution in [3.05, 3.63) is 58.9 Å². The lowest BCUT2D eigenvalue weighted by molar-refractivity contribution is -0.116. The van der Waals surface area contributed by atoms with E-state index in [4.69, 9.17) is 4.74 Å². The minimum atomic E-state index is -0.371. The standard InChI is InChI=1S/C20H21N3O2S/c1-13(20(24)23-17-8-10-18(25-3)11-9-17)21-16-6-4-15(5-7-16)19-12-26-14(2)22-19/h4-13,21H,1-3H3,(H,23,24)/t13-/m0/s1. The molecule has 1 amide bonds. The van der Waals surface area contributed by atoms with Gasteiger partial charge in [0.1, 0.15) is 11.8 Å². The maximum atomic E-state index is 12.3. The summed E-state index contributed by atoms with van der Waals surface area (Å²) in [6, 6.07) is 14.8. The Morgan fingerprint density at radius 1 is 1.08 bits per heavy atom. The van der Waals surface area contributed by atoms with Gasteiger partial charge in [-0.25, -0.2) is 4.98 Å². The van der Waals surface area contributed by atoms with Gasteiger partial charge in [0.25, 0.3) is 0 Å². The van der Waals surface area contributed by atoms with Gasteiger partial charge < -0.3 is 15.4 Å². The number of hydrogen-bond donors (Lipinski definition) is 2. The highest BCUT2D eigenvalue weighted by Gasteiger charge is 2.13. The first-order valence-electron chi connectivity index (χ1n) is 8.29. The largest absolute Gasteiger partial charge is 0.497 e. The second-order valence-corrected chi connectivity index (χ2v) is 6.98. The van der Waals surface area contributed by atoms with Gasteiger partial charge in [0.2, 0.25) is 5.91 Å². The molecule has 0 radical (unpaired) electrons. The number of amides is 1. The van der Waals surface area contributed by atoms with E-state index in [0.29, 0.717) is 0 Å². The van der Waals surface area contributed by atoms with E-state index in [1.54, 1.807) is 18.4 Å². The van der Waals surface area contributed by atoms with Crippen molar-refractivity contribution >= 4 is 28.6 Å². The number of benzene rings is 2. The zero-order chi connectivity index (χ0) is 18.5. The van der Waals surface area contributed by atoms with Crippen LogP contribution in [0.2, 0.25) is 0 Å². The number of anilines is 2. The molecule has 26 heavy (non-hydrogen) atoms. The van der Waals surface area contributed by atoms with Crippen LogP contribution in [0.5, 0.6) is 5.75 Å². The maximum Gasteiger partial charge on any atom is 0.246 e. The van der Waals surface area contributed by atoms with Crippen molar-refractivity contribution in [1.29, 1.82) is 0 Å². The average Bonchev–Trinajstić information content (AvgIpc) is 3.09. The van der Waals surface area contributed by atoms with Gasteiger partial charge in [-0.3, -0.25) is 4.79 Å². The molecule has 0 aliphatic heterocycles. The first-order valence-corrected chi connectivity index (χ1v) is 9.17. The number of nitrogens with one attached hydrogen (secondary N) is 2. The minimum absolute atomic E-state index is 0.102. The predicted octanol–water partition coefficient (Wildman–Crippen LogP) is 4.57. The first kappa shape index (κ1) is 17.9. The second kappa shape index (κ2) is 8.01. The number of aromatic nitrogens is 1. The van der Waals surface area contributed by atoms with Gasteiger partial charge in [0.15, 0.2) is 0 Å². The summed E-state index contributed by atoms with van der Waals surface area (Å²) in [5, 5.41) is 9.19. The highest BCUT2D eigenvalue weighted by molar-refractivity contribution is 7.09. The monoisotopic (exact) mass is 367 g/mol. The lowest BCUT2D eigenvalue weighted by Crippen LogP contribution is -2.31. The molecule has 6 heteroatoms. The molecule has 134 valence electrons. The van der Waals surface area contributed by atoms with E-state index in [2.05, 4.69) is 15.6 Å². The Morgan fingerprint density at radius 2 is 1.73 bits per heavy atom. The van der Waals surface area contributed by atoms with Crippen LogP contribution in [-0.4, -0.2) is 24.0 Å². The molecule has 0 spiro atoms. The third-order valence-corrected chi connectivity index (χ3v) is 4.71. The van der Waals surface area contributed by atoms with Crippen LogP contribution >= 0.6 is 11.3 Å². The highest BCUT2D eigenvalue weighted by Crippen LogP contribution is 2.23. The van der Waals surface area contributed by atoms with Crippen molar-refractivity contribution in [1.82, 2.24) is 4.98 Å². The van der Waals surface area contributed by atoms with Crippen LogP contribution in [0, 0.1) is 6.92 Å². The topological polar surface area (TPSA) is 63.2 Å². The molecule has 0 saturated carbocycles. The molecule has 0 bridgehead atoms. The Kier molecular flexibility index (Phi) is 5.53. The predicted molar refractivity (Wildman–Crippen MR) is 107 cm³/mol. The second-order valence-electron chi connectivity index (χ2n) is 5.91. The number of nitrogens with zero attached hydrogens (tertiary/aromatic N) is 1. The van der Waals surface area contributed by atoms with Gasteiger partial charge in [0.05, 0.1) is 17.8 Å². The summed E-state index contributed by atoms with van der Waals surface area (Å²) in [6.07, 6.45) is 0. The summed E-state index contributed by atoms with van der Waals surface area (Å²) in [4.78, 5) is 16.8. The third-order valence-electron chi connectivity index (χ3n) is 3.93. The summed E-state index contributed by atoms with van der Waals surface area (Å²) >= 11 is 1.63. The number of hydrogen-bond acceptors (Lipinski definition) is 5. The zero-order valence-corrected chi connectivity index (χ0v) is 15.8. The molecule has 0 aliphatic rings. The maximum absolute atomic E-state index is 12.3. The van der Waals surface area contributed by atoms with Gasteiger partial charge in [-0.1, -0.05) is 12.1 Å². The van der Waals surface area contributed by atoms with E-state index in [-0.39, 0.29) is 11.9 Å². The van der Waals surface area contributed by atoms with Crippen molar-refractivity contribution in [3.63, 3.8) is 0 Å². The zero-order valence-electron chi connectivity index (χ0n) is 14.9. The van der Waals surface area contributed by atoms with Crippen LogP contribution < -0.4 is 15.4 Å². The fraction of sp³-hybridized carbons (Fsp3) is 0.200. The molecule has 1 atom stereocenters. The van der Waals surface area contributed by atoms with Crippen LogP contribution in [0.15, 0.2) is 53.9 Å². The molecule has 2 N–H and O–H groups in total. The lowest BCUT2D eigenvalue weighted by Gasteiger charge is -2.15. The van der Waals surface area contributed by atoms with Crippen molar-refractivity contribution in [3.8, 4) is 17.0 Å². The summed E-state index contributed by atoms with van der Waals surface area (Å²) in [7, 11) is 1.61. The quantitative estimate of drug-likeness (QED) is 0.670. The van der Waals surface area contributed by atoms with Crippen LogP contribution in [0.4, 0.5) is 11.4 Å². The molecule has 0 aliphatic carbocycles. The smallest absolute Gasteiger partial charge is 0.246 e. The number of carbonyl (C=O) groups is 1. The first-order chi connectivity index (χ1) is 12.5. The molecule has 0 saturated heterocycles. The normalized spacial score (nSPS) is 11.7. The van der Waals surface area contributed by atoms with E-state index in [1.165, 1.54) is 0 Å². The number of aryl methyl sites for hydroxylation is 1. The van der Waals surface area contributed by atoms with Crippen molar-refractivity contribution in [2.45, 2.75) is 19.9 Å². The Labute approximate surface area is 157 Å². The number of rotatable bonds is 6. The SMILES string of the molecule is COc1ccc(NC(=O)[C@H](C)Nc2ccc(-c3csc(C)n3)cc2)cc1. The molecule has 5 nitrogen and oxygen atoms in total. The average molecular weight is 367 g/mol. The van der Waals surface area contributed by atoms with Gasteiger partial charge in [0, 0.05) is 22.3 Å². The number of thiazole rings is 1.